The number of H-pyrrole nitrogens is 1. The number of carbonyl (C=O) groups is 1. The van der Waals surface area contributed by atoms with Crippen LogP contribution in [0.3, 0.4) is 0 Å². The summed E-state index contributed by atoms with van der Waals surface area (Å²) in [5.41, 5.74) is 1.27. The van der Waals surface area contributed by atoms with Crippen molar-refractivity contribution < 1.29 is 4.79 Å². The number of aryl methyl sites for hydroxylation is 1. The van der Waals surface area contributed by atoms with Gasteiger partial charge in [-0.1, -0.05) is 58.3 Å². The molecule has 132 valence electrons. The molecule has 2 aromatic heterocycles. The average Bonchev–Trinajstić information content (AvgIpc) is 3.01. The summed E-state index contributed by atoms with van der Waals surface area (Å²) in [6, 6.07) is 0. The molecule has 0 aliphatic heterocycles. The molecule has 2 rings (SSSR count). The number of anilines is 1. The van der Waals surface area contributed by atoms with Gasteiger partial charge >= 0.3 is 0 Å². The Morgan fingerprint density at radius 1 is 1.04 bits per heavy atom. The highest BCUT2D eigenvalue weighted by Crippen LogP contribution is 2.17. The molecule has 0 aliphatic rings. The topological polar surface area (TPSA) is 83.6 Å². The van der Waals surface area contributed by atoms with E-state index in [-0.39, 0.29) is 5.91 Å². The predicted molar refractivity (Wildman–Crippen MR) is 96.9 cm³/mol. The van der Waals surface area contributed by atoms with Gasteiger partial charge in [0.25, 0.3) is 0 Å². The standard InChI is InChI=1S/C18H29N5O/c1-3-4-5-6-7-8-9-10-11-12-15(24)23-18-16-17(20-13-19-16)21-14(2)22-18/h13H,3-12H2,1-2H3,(H2,19,20,21,22,23,24). The lowest BCUT2D eigenvalue weighted by Crippen LogP contribution is -2.13. The molecule has 2 aromatic rings. The minimum atomic E-state index is 0.00643. The summed E-state index contributed by atoms with van der Waals surface area (Å²) in [7, 11) is 0. The minimum absolute atomic E-state index is 0.00643. The minimum Gasteiger partial charge on any atom is -0.340 e. The first-order valence-corrected chi connectivity index (χ1v) is 9.18. The number of carbonyl (C=O) groups excluding carboxylic acids is 1. The smallest absolute Gasteiger partial charge is 0.225 e. The van der Waals surface area contributed by atoms with Gasteiger partial charge in [-0.05, 0) is 13.3 Å². The van der Waals surface area contributed by atoms with Gasteiger partial charge in [0.1, 0.15) is 11.3 Å². The Balaban J connectivity index is 1.64. The van der Waals surface area contributed by atoms with Gasteiger partial charge in [0.05, 0.1) is 6.33 Å². The fraction of sp³-hybridized carbons (Fsp3) is 0.667. The third kappa shape index (κ3) is 5.91. The number of hydrogen-bond acceptors (Lipinski definition) is 4. The van der Waals surface area contributed by atoms with E-state index in [0.29, 0.717) is 29.2 Å². The van der Waals surface area contributed by atoms with E-state index >= 15 is 0 Å². The van der Waals surface area contributed by atoms with Crippen LogP contribution in [0.4, 0.5) is 5.82 Å². The van der Waals surface area contributed by atoms with Crippen LogP contribution in [-0.2, 0) is 4.79 Å². The fourth-order valence-corrected chi connectivity index (χ4v) is 2.82. The zero-order valence-corrected chi connectivity index (χ0v) is 14.9. The lowest BCUT2D eigenvalue weighted by molar-refractivity contribution is -0.116. The van der Waals surface area contributed by atoms with Crippen LogP contribution >= 0.6 is 0 Å². The zero-order valence-electron chi connectivity index (χ0n) is 14.9. The maximum Gasteiger partial charge on any atom is 0.225 e. The third-order valence-electron chi connectivity index (χ3n) is 4.16. The van der Waals surface area contributed by atoms with Crippen LogP contribution in [0.5, 0.6) is 0 Å². The molecule has 0 aliphatic carbocycles. The van der Waals surface area contributed by atoms with E-state index < -0.39 is 0 Å². The van der Waals surface area contributed by atoms with E-state index in [2.05, 4.69) is 32.2 Å². The van der Waals surface area contributed by atoms with Gasteiger partial charge in [0.15, 0.2) is 11.5 Å². The summed E-state index contributed by atoms with van der Waals surface area (Å²) in [6.07, 6.45) is 13.3. The molecule has 6 heteroatoms. The molecule has 0 saturated heterocycles. The van der Waals surface area contributed by atoms with Gasteiger partial charge in [0.2, 0.25) is 5.91 Å². The van der Waals surface area contributed by atoms with Crippen LogP contribution in [0.1, 0.15) is 77.0 Å². The van der Waals surface area contributed by atoms with Crippen LogP contribution < -0.4 is 5.32 Å². The summed E-state index contributed by atoms with van der Waals surface area (Å²) in [4.78, 5) is 27.7. The first-order chi connectivity index (χ1) is 11.7. The number of rotatable bonds is 11. The monoisotopic (exact) mass is 331 g/mol. The second kappa shape index (κ2) is 10.0. The van der Waals surface area contributed by atoms with Crippen LogP contribution in [0.25, 0.3) is 11.2 Å². The van der Waals surface area contributed by atoms with Crippen molar-refractivity contribution in [2.45, 2.75) is 78.1 Å². The Bertz CT molecular complexity index is 637. The quantitative estimate of drug-likeness (QED) is 0.593. The lowest BCUT2D eigenvalue weighted by atomic mass is 10.1. The highest BCUT2D eigenvalue weighted by atomic mass is 16.1. The van der Waals surface area contributed by atoms with E-state index in [1.54, 1.807) is 13.3 Å². The molecular formula is C18H29N5O. The molecule has 2 N–H and O–H groups in total. The molecule has 0 unspecified atom stereocenters. The first kappa shape index (κ1) is 18.4. The van der Waals surface area contributed by atoms with Gasteiger partial charge in [-0.15, -0.1) is 0 Å². The first-order valence-electron chi connectivity index (χ1n) is 9.18. The van der Waals surface area contributed by atoms with E-state index in [1.807, 2.05) is 0 Å². The Hall–Kier alpha value is -1.98. The zero-order chi connectivity index (χ0) is 17.2. The number of hydrogen-bond donors (Lipinski definition) is 2. The van der Waals surface area contributed by atoms with E-state index in [0.717, 1.165) is 12.8 Å². The maximum absolute atomic E-state index is 12.1. The van der Waals surface area contributed by atoms with Gasteiger partial charge < -0.3 is 10.3 Å². The summed E-state index contributed by atoms with van der Waals surface area (Å²) in [6.45, 7) is 4.04. The Labute approximate surface area is 143 Å². The average molecular weight is 331 g/mol. The molecule has 2 heterocycles. The van der Waals surface area contributed by atoms with Gasteiger partial charge in [-0.2, -0.15) is 0 Å². The van der Waals surface area contributed by atoms with Crippen molar-refractivity contribution in [3.05, 3.63) is 12.2 Å². The van der Waals surface area contributed by atoms with Crippen molar-refractivity contribution in [3.63, 3.8) is 0 Å². The summed E-state index contributed by atoms with van der Waals surface area (Å²) in [5.74, 6) is 1.14. The molecule has 0 saturated carbocycles. The largest absolute Gasteiger partial charge is 0.340 e. The van der Waals surface area contributed by atoms with Crippen molar-refractivity contribution in [2.24, 2.45) is 0 Å². The maximum atomic E-state index is 12.1. The Kier molecular flexibility index (Phi) is 7.65. The van der Waals surface area contributed by atoms with Crippen molar-refractivity contribution in [2.75, 3.05) is 5.32 Å². The highest BCUT2D eigenvalue weighted by molar-refractivity contribution is 5.96. The number of amides is 1. The number of imidazole rings is 1. The van der Waals surface area contributed by atoms with Crippen molar-refractivity contribution in [3.8, 4) is 0 Å². The normalized spacial score (nSPS) is 11.1. The molecule has 6 nitrogen and oxygen atoms in total. The van der Waals surface area contributed by atoms with Crippen LogP contribution in [0.15, 0.2) is 6.33 Å². The van der Waals surface area contributed by atoms with Gasteiger partial charge in [-0.3, -0.25) is 4.79 Å². The second-order valence-corrected chi connectivity index (χ2v) is 6.35. The second-order valence-electron chi connectivity index (χ2n) is 6.35. The molecule has 0 radical (unpaired) electrons. The molecule has 0 aromatic carbocycles. The number of nitrogens with zero attached hydrogens (tertiary/aromatic N) is 3. The van der Waals surface area contributed by atoms with Crippen molar-refractivity contribution in [1.82, 2.24) is 19.9 Å². The third-order valence-corrected chi connectivity index (χ3v) is 4.16. The van der Waals surface area contributed by atoms with Gasteiger partial charge in [0, 0.05) is 6.42 Å². The summed E-state index contributed by atoms with van der Waals surface area (Å²) in [5, 5.41) is 2.88. The fourth-order valence-electron chi connectivity index (χ4n) is 2.82. The number of aromatic nitrogens is 4. The number of fused-ring (bicyclic) bond motifs is 1. The summed E-state index contributed by atoms with van der Waals surface area (Å²) < 4.78 is 0. The molecule has 24 heavy (non-hydrogen) atoms. The van der Waals surface area contributed by atoms with E-state index in [1.165, 1.54) is 44.9 Å². The van der Waals surface area contributed by atoms with E-state index in [4.69, 9.17) is 0 Å². The molecule has 0 bridgehead atoms. The molecule has 0 fully saturated rings. The molecule has 0 atom stereocenters. The summed E-state index contributed by atoms with van der Waals surface area (Å²) >= 11 is 0. The van der Waals surface area contributed by atoms with Crippen LogP contribution in [0.2, 0.25) is 0 Å². The Morgan fingerprint density at radius 2 is 1.71 bits per heavy atom. The van der Waals surface area contributed by atoms with E-state index in [9.17, 15) is 4.79 Å². The highest BCUT2D eigenvalue weighted by Gasteiger charge is 2.10. The number of unbranched alkanes of at least 4 members (excludes halogenated alkanes) is 8. The SMILES string of the molecule is CCCCCCCCCCCC(=O)Nc1nc(C)nc2nc[nH]c12. The predicted octanol–water partition coefficient (Wildman–Crippen LogP) is 4.52. The van der Waals surface area contributed by atoms with Crippen molar-refractivity contribution in [1.29, 1.82) is 0 Å². The lowest BCUT2D eigenvalue weighted by Gasteiger charge is -2.06. The Morgan fingerprint density at radius 3 is 2.42 bits per heavy atom. The number of aromatic amines is 1. The number of nitrogens with one attached hydrogen (secondary N) is 2. The molecular weight excluding hydrogens is 302 g/mol. The van der Waals surface area contributed by atoms with Crippen LogP contribution in [0, 0.1) is 6.92 Å². The molecule has 1 amide bonds. The van der Waals surface area contributed by atoms with Crippen LogP contribution in [-0.4, -0.2) is 25.8 Å². The van der Waals surface area contributed by atoms with Gasteiger partial charge in [-0.25, -0.2) is 15.0 Å². The van der Waals surface area contributed by atoms with Crippen molar-refractivity contribution >= 4 is 22.9 Å². The molecule has 0 spiro atoms.